The number of halogens is 6. The zero-order chi connectivity index (χ0) is 22.8. The topological polar surface area (TPSA) is 59.8 Å². The van der Waals surface area contributed by atoms with Crippen LogP contribution in [0.1, 0.15) is 34.1 Å². The van der Waals surface area contributed by atoms with Crippen LogP contribution in [-0.2, 0) is 23.7 Å². The average molecular weight is 442 g/mol. The molecule has 1 atom stereocenters. The van der Waals surface area contributed by atoms with E-state index in [4.69, 9.17) is 0 Å². The van der Waals surface area contributed by atoms with Gasteiger partial charge in [-0.2, -0.15) is 31.4 Å². The van der Waals surface area contributed by atoms with Crippen molar-refractivity contribution in [2.45, 2.75) is 31.9 Å². The third-order valence-electron chi connectivity index (χ3n) is 4.52. The molecule has 1 amide bonds. The molecule has 0 saturated heterocycles. The Bertz CT molecular complexity index is 1060. The first-order valence-corrected chi connectivity index (χ1v) is 8.94. The molecule has 3 aromatic rings. The molecule has 31 heavy (non-hydrogen) atoms. The molecule has 0 saturated carbocycles. The van der Waals surface area contributed by atoms with Gasteiger partial charge < -0.3 is 5.32 Å². The van der Waals surface area contributed by atoms with E-state index >= 15 is 0 Å². The maximum atomic E-state index is 13.5. The second-order valence-electron chi connectivity index (χ2n) is 6.68. The highest BCUT2D eigenvalue weighted by Gasteiger charge is 2.37. The predicted molar refractivity (Wildman–Crippen MR) is 97.6 cm³/mol. The minimum absolute atomic E-state index is 0.0164. The van der Waals surface area contributed by atoms with Crippen molar-refractivity contribution >= 4 is 5.91 Å². The Kier molecular flexibility index (Phi) is 6.05. The number of hydrogen-bond donors (Lipinski definition) is 1. The molecule has 3 rings (SSSR count). The van der Waals surface area contributed by atoms with Crippen molar-refractivity contribution in [1.82, 2.24) is 20.1 Å². The Labute approximate surface area is 172 Å². The maximum Gasteiger partial charge on any atom is 0.418 e. The third-order valence-corrected chi connectivity index (χ3v) is 4.52. The van der Waals surface area contributed by atoms with Crippen LogP contribution in [0.15, 0.2) is 54.9 Å². The molecule has 0 aliphatic heterocycles. The first kappa shape index (κ1) is 22.3. The number of hydrogen-bond acceptors (Lipinski definition) is 3. The first-order chi connectivity index (χ1) is 14.5. The fraction of sp³-hybridized carbons (Fsp3) is 0.250. The number of rotatable bonds is 5. The summed E-state index contributed by atoms with van der Waals surface area (Å²) in [7, 11) is 0. The van der Waals surface area contributed by atoms with Crippen LogP contribution < -0.4 is 5.32 Å². The van der Waals surface area contributed by atoms with Gasteiger partial charge in [0.2, 0.25) is 5.91 Å². The number of nitrogens with one attached hydrogen (secondary N) is 1. The van der Waals surface area contributed by atoms with Gasteiger partial charge in [0.05, 0.1) is 22.9 Å². The molecule has 0 unspecified atom stereocenters. The van der Waals surface area contributed by atoms with Crippen LogP contribution in [0.3, 0.4) is 0 Å². The zero-order valence-corrected chi connectivity index (χ0v) is 16.0. The Morgan fingerprint density at radius 3 is 2.23 bits per heavy atom. The number of alkyl halides is 6. The number of aryl methyl sites for hydroxylation is 1. The van der Waals surface area contributed by atoms with Crippen LogP contribution in [-0.4, -0.2) is 20.7 Å². The summed E-state index contributed by atoms with van der Waals surface area (Å²) in [6, 6.07) is 5.60. The van der Waals surface area contributed by atoms with E-state index in [9.17, 15) is 31.1 Å². The van der Waals surface area contributed by atoms with E-state index in [1.54, 1.807) is 13.0 Å². The lowest BCUT2D eigenvalue weighted by atomic mass is 9.97. The van der Waals surface area contributed by atoms with Crippen molar-refractivity contribution in [3.05, 3.63) is 82.9 Å². The SMILES string of the molecule is Cc1ccnn1CC(=O)N[C@@H](c1ccc(C(F)(F)F)cc1)c1ncccc1C(F)(F)F. The lowest BCUT2D eigenvalue weighted by molar-refractivity contribution is -0.139. The molecular weight excluding hydrogens is 426 g/mol. The highest BCUT2D eigenvalue weighted by atomic mass is 19.4. The van der Waals surface area contributed by atoms with Gasteiger partial charge >= 0.3 is 12.4 Å². The summed E-state index contributed by atoms with van der Waals surface area (Å²) in [6.45, 7) is 1.40. The lowest BCUT2D eigenvalue weighted by Crippen LogP contribution is -2.34. The van der Waals surface area contributed by atoms with Crippen molar-refractivity contribution in [2.75, 3.05) is 0 Å². The molecule has 1 N–H and O–H groups in total. The van der Waals surface area contributed by atoms with E-state index in [-0.39, 0.29) is 12.1 Å². The maximum absolute atomic E-state index is 13.5. The van der Waals surface area contributed by atoms with Crippen LogP contribution >= 0.6 is 0 Å². The summed E-state index contributed by atoms with van der Waals surface area (Å²) < 4.78 is 80.6. The number of pyridine rings is 1. The number of aromatic nitrogens is 3. The van der Waals surface area contributed by atoms with Crippen LogP contribution in [0, 0.1) is 6.92 Å². The number of benzene rings is 1. The largest absolute Gasteiger partial charge is 0.418 e. The minimum atomic E-state index is -4.78. The minimum Gasteiger partial charge on any atom is -0.342 e. The predicted octanol–water partition coefficient (Wildman–Crippen LogP) is 4.53. The van der Waals surface area contributed by atoms with Crippen molar-refractivity contribution in [3.8, 4) is 0 Å². The fourth-order valence-electron chi connectivity index (χ4n) is 2.97. The van der Waals surface area contributed by atoms with E-state index in [2.05, 4.69) is 15.4 Å². The van der Waals surface area contributed by atoms with Gasteiger partial charge in [0.15, 0.2) is 0 Å². The molecule has 0 fully saturated rings. The zero-order valence-electron chi connectivity index (χ0n) is 16.0. The monoisotopic (exact) mass is 442 g/mol. The Balaban J connectivity index is 2.01. The standard InChI is InChI=1S/C20H16F6N4O/c1-12-8-10-28-30(12)11-16(31)29-17(13-4-6-14(7-5-13)19(21,22)23)18-15(20(24,25)26)3-2-9-27-18/h2-10,17H,11H2,1H3,(H,29,31)/t17-/m0/s1. The second-order valence-corrected chi connectivity index (χ2v) is 6.68. The molecule has 5 nitrogen and oxygen atoms in total. The summed E-state index contributed by atoms with van der Waals surface area (Å²) >= 11 is 0. The van der Waals surface area contributed by atoms with Gasteiger partial charge in [0, 0.05) is 18.1 Å². The highest BCUT2D eigenvalue weighted by molar-refractivity contribution is 5.76. The third kappa shape index (κ3) is 5.22. The van der Waals surface area contributed by atoms with E-state index < -0.39 is 41.1 Å². The molecular formula is C20H16F6N4O. The molecule has 164 valence electrons. The Hall–Kier alpha value is -3.37. The van der Waals surface area contributed by atoms with Crippen LogP contribution in [0.5, 0.6) is 0 Å². The van der Waals surface area contributed by atoms with E-state index in [1.807, 2.05) is 0 Å². The Morgan fingerprint density at radius 1 is 1.00 bits per heavy atom. The van der Waals surface area contributed by atoms with Gasteiger partial charge in [-0.05, 0) is 42.8 Å². The normalized spacial score (nSPS) is 13.1. The molecule has 0 aliphatic carbocycles. The fourth-order valence-corrected chi connectivity index (χ4v) is 2.97. The van der Waals surface area contributed by atoms with E-state index in [0.717, 1.165) is 42.6 Å². The van der Waals surface area contributed by atoms with Gasteiger partial charge in [-0.3, -0.25) is 14.5 Å². The molecule has 0 aliphatic rings. The molecule has 1 aromatic carbocycles. The molecule has 0 spiro atoms. The van der Waals surface area contributed by atoms with E-state index in [0.29, 0.717) is 5.69 Å². The Morgan fingerprint density at radius 2 is 1.68 bits per heavy atom. The summed E-state index contributed by atoms with van der Waals surface area (Å²) in [5, 5.41) is 6.38. The van der Waals surface area contributed by atoms with E-state index in [1.165, 1.54) is 10.9 Å². The van der Waals surface area contributed by atoms with Crippen molar-refractivity contribution in [1.29, 1.82) is 0 Å². The quantitative estimate of drug-likeness (QED) is 0.591. The molecule has 2 aromatic heterocycles. The van der Waals surface area contributed by atoms with Crippen molar-refractivity contribution in [3.63, 3.8) is 0 Å². The molecule has 2 heterocycles. The average Bonchev–Trinajstić information content (AvgIpc) is 3.09. The summed E-state index contributed by atoms with van der Waals surface area (Å²) in [6.07, 6.45) is -6.82. The van der Waals surface area contributed by atoms with Crippen LogP contribution in [0.25, 0.3) is 0 Å². The van der Waals surface area contributed by atoms with Crippen molar-refractivity contribution in [2.24, 2.45) is 0 Å². The second kappa shape index (κ2) is 8.40. The van der Waals surface area contributed by atoms with Crippen LogP contribution in [0.4, 0.5) is 26.3 Å². The number of nitrogens with zero attached hydrogens (tertiary/aromatic N) is 3. The first-order valence-electron chi connectivity index (χ1n) is 8.94. The number of carbonyl (C=O) groups excluding carboxylic acids is 1. The molecule has 0 radical (unpaired) electrons. The van der Waals surface area contributed by atoms with Gasteiger partial charge in [0.1, 0.15) is 6.54 Å². The van der Waals surface area contributed by atoms with Crippen LogP contribution in [0.2, 0.25) is 0 Å². The molecule has 0 bridgehead atoms. The van der Waals surface area contributed by atoms with Gasteiger partial charge in [-0.15, -0.1) is 0 Å². The summed E-state index contributed by atoms with van der Waals surface area (Å²) in [4.78, 5) is 16.3. The summed E-state index contributed by atoms with van der Waals surface area (Å²) in [5.74, 6) is -0.685. The van der Waals surface area contributed by atoms with Gasteiger partial charge in [-0.25, -0.2) is 0 Å². The lowest BCUT2D eigenvalue weighted by Gasteiger charge is -2.23. The molecule has 11 heteroatoms. The smallest absolute Gasteiger partial charge is 0.342 e. The van der Waals surface area contributed by atoms with Gasteiger partial charge in [-0.1, -0.05) is 12.1 Å². The highest BCUT2D eigenvalue weighted by Crippen LogP contribution is 2.36. The number of carbonyl (C=O) groups is 1. The number of amides is 1. The summed E-state index contributed by atoms with van der Waals surface area (Å²) in [5.41, 5.74) is -1.93. The van der Waals surface area contributed by atoms with Crippen molar-refractivity contribution < 1.29 is 31.1 Å². The van der Waals surface area contributed by atoms with Gasteiger partial charge in [0.25, 0.3) is 0 Å².